The number of H-pyrrole nitrogens is 1. The normalized spacial score (nSPS) is 11.3. The number of amides is 1. The maximum absolute atomic E-state index is 12.6. The minimum Gasteiger partial charge on any atom is -0.497 e. The molecule has 8 heteroatoms. The van der Waals surface area contributed by atoms with Gasteiger partial charge in [-0.3, -0.25) is 10.2 Å². The number of benzene rings is 1. The lowest BCUT2D eigenvalue weighted by molar-refractivity contribution is 0.0921. The summed E-state index contributed by atoms with van der Waals surface area (Å²) < 4.78 is 5.24. The largest absolute Gasteiger partial charge is 0.497 e. The van der Waals surface area contributed by atoms with Gasteiger partial charge in [0.05, 0.1) is 24.6 Å². The first-order valence-electron chi connectivity index (χ1n) is 8.85. The summed E-state index contributed by atoms with van der Waals surface area (Å²) in [7, 11) is 3.37. The maximum Gasteiger partial charge on any atom is 0.255 e. The van der Waals surface area contributed by atoms with Gasteiger partial charge in [0.1, 0.15) is 17.0 Å². The molecular formula is C20H24N6O2. The third-order valence-electron chi connectivity index (χ3n) is 4.14. The zero-order chi connectivity index (χ0) is 20.5. The number of ether oxygens (including phenoxy) is 1. The van der Waals surface area contributed by atoms with Gasteiger partial charge in [0.25, 0.3) is 5.91 Å². The van der Waals surface area contributed by atoms with Crippen LogP contribution in [0.15, 0.2) is 30.6 Å². The van der Waals surface area contributed by atoms with Crippen molar-refractivity contribution in [1.29, 1.82) is 5.41 Å². The number of fused-ring (bicyclic) bond motifs is 1. The molecule has 0 aliphatic rings. The van der Waals surface area contributed by atoms with E-state index in [1.165, 1.54) is 6.20 Å². The van der Waals surface area contributed by atoms with E-state index in [-0.39, 0.29) is 17.2 Å². The van der Waals surface area contributed by atoms with Gasteiger partial charge in [0.2, 0.25) is 0 Å². The molecule has 3 rings (SSSR count). The first-order valence-corrected chi connectivity index (χ1v) is 8.85. The molecule has 0 saturated heterocycles. The van der Waals surface area contributed by atoms with Crippen molar-refractivity contribution in [1.82, 2.24) is 20.3 Å². The van der Waals surface area contributed by atoms with Gasteiger partial charge < -0.3 is 20.4 Å². The summed E-state index contributed by atoms with van der Waals surface area (Å²) in [5, 5.41) is 14.6. The van der Waals surface area contributed by atoms with E-state index in [4.69, 9.17) is 10.1 Å². The Kier molecular flexibility index (Phi) is 5.04. The molecular weight excluding hydrogens is 356 g/mol. The first kappa shape index (κ1) is 19.3. The molecule has 146 valence electrons. The second-order valence-corrected chi connectivity index (χ2v) is 7.40. The van der Waals surface area contributed by atoms with Gasteiger partial charge in [-0.25, -0.2) is 9.97 Å². The van der Waals surface area contributed by atoms with Gasteiger partial charge in [-0.15, -0.1) is 0 Å². The molecule has 0 aliphatic carbocycles. The van der Waals surface area contributed by atoms with E-state index in [9.17, 15) is 4.79 Å². The smallest absolute Gasteiger partial charge is 0.255 e. The summed E-state index contributed by atoms with van der Waals surface area (Å²) in [6.07, 6.45) is 3.11. The molecule has 1 aromatic carbocycles. The Morgan fingerprint density at radius 3 is 2.64 bits per heavy atom. The van der Waals surface area contributed by atoms with Gasteiger partial charge in [-0.2, -0.15) is 0 Å². The number of carbonyl (C=O) groups is 1. The quantitative estimate of drug-likeness (QED) is 0.508. The van der Waals surface area contributed by atoms with Crippen molar-refractivity contribution in [3.05, 3.63) is 47.4 Å². The van der Waals surface area contributed by atoms with Gasteiger partial charge in [0, 0.05) is 36.1 Å². The molecule has 2 aromatic heterocycles. The monoisotopic (exact) mass is 380 g/mol. The van der Waals surface area contributed by atoms with Crippen LogP contribution in [0.5, 0.6) is 5.75 Å². The third kappa shape index (κ3) is 3.80. The first-order chi connectivity index (χ1) is 13.2. The molecule has 1 amide bonds. The van der Waals surface area contributed by atoms with Crippen LogP contribution in [0.2, 0.25) is 0 Å². The van der Waals surface area contributed by atoms with Crippen molar-refractivity contribution in [2.75, 3.05) is 19.5 Å². The second kappa shape index (κ2) is 7.30. The number of hydrogen-bond donors (Lipinski definition) is 4. The van der Waals surface area contributed by atoms with Crippen molar-refractivity contribution in [3.8, 4) is 5.75 Å². The highest BCUT2D eigenvalue weighted by molar-refractivity contribution is 6.14. The van der Waals surface area contributed by atoms with Gasteiger partial charge in [0.15, 0.2) is 5.65 Å². The van der Waals surface area contributed by atoms with Crippen molar-refractivity contribution in [2.24, 2.45) is 0 Å². The highest BCUT2D eigenvalue weighted by Crippen LogP contribution is 2.25. The average molecular weight is 380 g/mol. The molecule has 0 fully saturated rings. The van der Waals surface area contributed by atoms with Gasteiger partial charge >= 0.3 is 0 Å². The highest BCUT2D eigenvalue weighted by atomic mass is 16.5. The number of aromatic nitrogens is 3. The molecule has 3 aromatic rings. The topological polar surface area (TPSA) is 116 Å². The van der Waals surface area contributed by atoms with Crippen molar-refractivity contribution < 1.29 is 9.53 Å². The molecule has 0 atom stereocenters. The van der Waals surface area contributed by atoms with Crippen LogP contribution in [0.25, 0.3) is 11.2 Å². The zero-order valence-corrected chi connectivity index (χ0v) is 16.6. The Morgan fingerprint density at radius 1 is 1.25 bits per heavy atom. The van der Waals surface area contributed by atoms with E-state index < -0.39 is 0 Å². The summed E-state index contributed by atoms with van der Waals surface area (Å²) in [4.78, 5) is 24.4. The summed E-state index contributed by atoms with van der Waals surface area (Å²) in [6, 6.07) is 5.40. The van der Waals surface area contributed by atoms with Crippen LogP contribution in [0.3, 0.4) is 0 Å². The van der Waals surface area contributed by atoms with Crippen molar-refractivity contribution >= 4 is 28.5 Å². The number of nitrogens with zero attached hydrogens (tertiary/aromatic N) is 2. The minimum absolute atomic E-state index is 0.199. The van der Waals surface area contributed by atoms with Gasteiger partial charge in [-0.1, -0.05) is 0 Å². The van der Waals surface area contributed by atoms with Crippen LogP contribution in [0.1, 0.15) is 42.4 Å². The molecule has 2 heterocycles. The molecule has 0 unspecified atom stereocenters. The minimum atomic E-state index is -0.372. The lowest BCUT2D eigenvalue weighted by atomic mass is 10.0. The molecule has 0 aliphatic heterocycles. The highest BCUT2D eigenvalue weighted by Gasteiger charge is 2.21. The molecule has 0 spiro atoms. The van der Waals surface area contributed by atoms with E-state index in [0.717, 1.165) is 5.69 Å². The Bertz CT molecular complexity index is 1050. The average Bonchev–Trinajstić information content (AvgIpc) is 3.08. The molecule has 28 heavy (non-hydrogen) atoms. The number of aromatic amines is 1. The SMILES string of the molecule is CNc1cc(OC)ccc1C(=N)c1cnc2[nH]cc(C(=O)NC(C)(C)C)c2n1. The summed E-state index contributed by atoms with van der Waals surface area (Å²) in [5.41, 5.74) is 2.93. The molecule has 4 N–H and O–H groups in total. The lowest BCUT2D eigenvalue weighted by Gasteiger charge is -2.20. The fourth-order valence-electron chi connectivity index (χ4n) is 2.81. The van der Waals surface area contributed by atoms with Crippen LogP contribution in [-0.4, -0.2) is 46.3 Å². The summed E-state index contributed by atoms with van der Waals surface area (Å²) in [6.45, 7) is 5.74. The fraction of sp³-hybridized carbons (Fsp3) is 0.300. The maximum atomic E-state index is 12.6. The number of hydrogen-bond acceptors (Lipinski definition) is 6. The summed E-state index contributed by atoms with van der Waals surface area (Å²) in [5.74, 6) is 0.450. The van der Waals surface area contributed by atoms with E-state index in [0.29, 0.717) is 33.7 Å². The van der Waals surface area contributed by atoms with Crippen LogP contribution in [-0.2, 0) is 0 Å². The standard InChI is InChI=1S/C20H24N6O2/c1-20(2,3)26-19(27)13-9-23-18-17(13)25-15(10-24-18)16(21)12-7-6-11(28-5)8-14(12)22-4/h6-10,21-22H,1-5H3,(H,23,24)(H,26,27). The van der Waals surface area contributed by atoms with E-state index in [1.54, 1.807) is 32.5 Å². The Labute approximate surface area is 163 Å². The third-order valence-corrected chi connectivity index (χ3v) is 4.14. The van der Waals surface area contributed by atoms with E-state index in [2.05, 4.69) is 25.6 Å². The van der Waals surface area contributed by atoms with Crippen molar-refractivity contribution in [3.63, 3.8) is 0 Å². The van der Waals surface area contributed by atoms with Crippen molar-refractivity contribution in [2.45, 2.75) is 26.3 Å². The molecule has 8 nitrogen and oxygen atoms in total. The van der Waals surface area contributed by atoms with Crippen LogP contribution >= 0.6 is 0 Å². The number of carbonyl (C=O) groups excluding carboxylic acids is 1. The van der Waals surface area contributed by atoms with E-state index in [1.807, 2.05) is 26.8 Å². The van der Waals surface area contributed by atoms with Crippen LogP contribution in [0, 0.1) is 5.41 Å². The van der Waals surface area contributed by atoms with E-state index >= 15 is 0 Å². The Morgan fingerprint density at radius 2 is 2.00 bits per heavy atom. The second-order valence-electron chi connectivity index (χ2n) is 7.40. The summed E-state index contributed by atoms with van der Waals surface area (Å²) >= 11 is 0. The molecule has 0 radical (unpaired) electrons. The van der Waals surface area contributed by atoms with Gasteiger partial charge in [-0.05, 0) is 32.9 Å². The lowest BCUT2D eigenvalue weighted by Crippen LogP contribution is -2.40. The fourth-order valence-corrected chi connectivity index (χ4v) is 2.81. The predicted octanol–water partition coefficient (Wildman–Crippen LogP) is 2.95. The predicted molar refractivity (Wildman–Crippen MR) is 110 cm³/mol. The zero-order valence-electron chi connectivity index (χ0n) is 16.6. The Hall–Kier alpha value is -3.42. The number of rotatable bonds is 5. The number of nitrogens with one attached hydrogen (secondary N) is 4. The van der Waals surface area contributed by atoms with Crippen LogP contribution in [0.4, 0.5) is 5.69 Å². The number of anilines is 1. The Balaban J connectivity index is 2.01. The molecule has 0 bridgehead atoms. The van der Waals surface area contributed by atoms with Crippen LogP contribution < -0.4 is 15.4 Å². The molecule has 0 saturated carbocycles. The number of methoxy groups -OCH3 is 1.